The van der Waals surface area contributed by atoms with Crippen LogP contribution in [0.3, 0.4) is 0 Å². The lowest BCUT2D eigenvalue weighted by atomic mass is 10.1. The van der Waals surface area contributed by atoms with Crippen LogP contribution in [-0.2, 0) is 11.3 Å². The molecule has 6 nitrogen and oxygen atoms in total. The fourth-order valence-electron chi connectivity index (χ4n) is 1.96. The third-order valence-electron chi connectivity index (χ3n) is 3.47. The van der Waals surface area contributed by atoms with Crippen LogP contribution in [-0.4, -0.2) is 45.5 Å². The van der Waals surface area contributed by atoms with E-state index in [2.05, 4.69) is 20.4 Å². The molecule has 1 rings (SSSR count). The van der Waals surface area contributed by atoms with Crippen molar-refractivity contribution in [2.24, 2.45) is 4.99 Å². The minimum atomic E-state index is -2.93. The normalized spacial score (nSPS) is 11.8. The van der Waals surface area contributed by atoms with Crippen LogP contribution in [0.25, 0.3) is 0 Å². The zero-order valence-electron chi connectivity index (χ0n) is 15.8. The summed E-state index contributed by atoms with van der Waals surface area (Å²) in [5.74, 6) is 0.833. The third kappa shape index (κ3) is 8.35. The van der Waals surface area contributed by atoms with Crippen LogP contribution in [0, 0.1) is 0 Å². The summed E-state index contributed by atoms with van der Waals surface area (Å²) in [6, 6.07) is 5.02. The van der Waals surface area contributed by atoms with Gasteiger partial charge in [-0.05, 0) is 26.8 Å². The quantitative estimate of drug-likeness (QED) is 0.318. The van der Waals surface area contributed by atoms with E-state index < -0.39 is 6.61 Å². The molecule has 0 aliphatic rings. The highest BCUT2D eigenvalue weighted by molar-refractivity contribution is 14.0. The van der Waals surface area contributed by atoms with Crippen molar-refractivity contribution in [1.82, 2.24) is 10.6 Å². The summed E-state index contributed by atoms with van der Waals surface area (Å²) < 4.78 is 40.8. The van der Waals surface area contributed by atoms with Gasteiger partial charge in [0, 0.05) is 32.8 Å². The molecule has 0 aromatic heterocycles. The second-order valence-electron chi connectivity index (χ2n) is 5.80. The Labute approximate surface area is 170 Å². The summed E-state index contributed by atoms with van der Waals surface area (Å²) in [5, 5.41) is 6.19. The van der Waals surface area contributed by atoms with Crippen LogP contribution >= 0.6 is 24.0 Å². The summed E-state index contributed by atoms with van der Waals surface area (Å²) >= 11 is 0. The Bertz CT molecular complexity index is 572. The van der Waals surface area contributed by atoms with Crippen LogP contribution in [0.4, 0.5) is 8.78 Å². The van der Waals surface area contributed by atoms with Gasteiger partial charge in [-0.1, -0.05) is 12.1 Å². The number of alkyl halides is 2. The van der Waals surface area contributed by atoms with E-state index in [-0.39, 0.29) is 47.6 Å². The van der Waals surface area contributed by atoms with Crippen molar-refractivity contribution in [2.75, 3.05) is 27.3 Å². The first kappa shape index (κ1) is 24.6. The third-order valence-corrected chi connectivity index (χ3v) is 3.47. The molecule has 1 aromatic rings. The van der Waals surface area contributed by atoms with Crippen molar-refractivity contribution in [1.29, 1.82) is 0 Å². The summed E-state index contributed by atoms with van der Waals surface area (Å²) in [4.78, 5) is 4.11. The van der Waals surface area contributed by atoms with Crippen LogP contribution in [0.5, 0.6) is 11.5 Å². The lowest BCUT2D eigenvalue weighted by Crippen LogP contribution is -2.45. The first-order valence-electron chi connectivity index (χ1n) is 8.02. The highest BCUT2D eigenvalue weighted by atomic mass is 127. The fourth-order valence-corrected chi connectivity index (χ4v) is 1.96. The molecular formula is C17H28F2IN3O3. The van der Waals surface area contributed by atoms with Gasteiger partial charge >= 0.3 is 6.61 Å². The molecule has 0 bridgehead atoms. The molecule has 150 valence electrons. The average molecular weight is 487 g/mol. The second-order valence-corrected chi connectivity index (χ2v) is 5.80. The molecular weight excluding hydrogens is 459 g/mol. The number of guanidine groups is 1. The Morgan fingerprint density at radius 2 is 1.96 bits per heavy atom. The topological polar surface area (TPSA) is 64.1 Å². The molecule has 0 aliphatic carbocycles. The first-order valence-corrected chi connectivity index (χ1v) is 8.02. The zero-order chi connectivity index (χ0) is 18.9. The zero-order valence-corrected chi connectivity index (χ0v) is 18.1. The predicted octanol–water partition coefficient (Wildman–Crippen LogP) is 3.39. The molecule has 0 unspecified atom stereocenters. The minimum absolute atomic E-state index is 0. The minimum Gasteiger partial charge on any atom is -0.490 e. The molecule has 0 saturated heterocycles. The number of nitrogens with one attached hydrogen (secondary N) is 2. The Kier molecular flexibility index (Phi) is 11.5. The van der Waals surface area contributed by atoms with E-state index in [4.69, 9.17) is 9.47 Å². The van der Waals surface area contributed by atoms with Gasteiger partial charge in [0.2, 0.25) is 0 Å². The maximum atomic E-state index is 12.7. The number of ether oxygens (including phenoxy) is 3. The van der Waals surface area contributed by atoms with E-state index in [9.17, 15) is 8.78 Å². The summed E-state index contributed by atoms with van der Waals surface area (Å²) in [7, 11) is 3.26. The van der Waals surface area contributed by atoms with Gasteiger partial charge in [-0.15, -0.1) is 24.0 Å². The molecule has 0 saturated carbocycles. The maximum Gasteiger partial charge on any atom is 0.387 e. The number of methoxy groups -OCH3 is 1. The smallest absolute Gasteiger partial charge is 0.387 e. The molecule has 1 aromatic carbocycles. The molecule has 0 heterocycles. The lowest BCUT2D eigenvalue weighted by Gasteiger charge is -2.24. The van der Waals surface area contributed by atoms with Crippen LogP contribution in [0.1, 0.15) is 26.3 Å². The number of halogens is 3. The van der Waals surface area contributed by atoms with Gasteiger partial charge < -0.3 is 24.8 Å². The Morgan fingerprint density at radius 3 is 2.50 bits per heavy atom. The Hall–Kier alpha value is -1.36. The van der Waals surface area contributed by atoms with Gasteiger partial charge in [-0.2, -0.15) is 8.78 Å². The van der Waals surface area contributed by atoms with Crippen molar-refractivity contribution >= 4 is 29.9 Å². The lowest BCUT2D eigenvalue weighted by molar-refractivity contribution is -0.0520. The number of benzene rings is 1. The van der Waals surface area contributed by atoms with Gasteiger partial charge in [0.25, 0.3) is 0 Å². The predicted molar refractivity (Wildman–Crippen MR) is 109 cm³/mol. The Morgan fingerprint density at radius 1 is 1.27 bits per heavy atom. The largest absolute Gasteiger partial charge is 0.490 e. The van der Waals surface area contributed by atoms with Gasteiger partial charge in [-0.3, -0.25) is 4.99 Å². The van der Waals surface area contributed by atoms with Crippen molar-refractivity contribution in [3.63, 3.8) is 0 Å². The number of hydrogen-bond donors (Lipinski definition) is 2. The summed E-state index contributed by atoms with van der Waals surface area (Å²) in [6.45, 7) is 3.85. The summed E-state index contributed by atoms with van der Waals surface area (Å²) in [6.07, 6.45) is 0. The second kappa shape index (κ2) is 12.1. The summed E-state index contributed by atoms with van der Waals surface area (Å²) in [5.41, 5.74) is 0.177. The number of hydrogen-bond acceptors (Lipinski definition) is 4. The van der Waals surface area contributed by atoms with E-state index in [1.807, 2.05) is 13.8 Å². The van der Waals surface area contributed by atoms with Gasteiger partial charge in [0.1, 0.15) is 0 Å². The van der Waals surface area contributed by atoms with E-state index >= 15 is 0 Å². The standard InChI is InChI=1S/C17H27F2N3O3.HI/c1-6-24-13-9-7-8-12(14(13)25-15(18)19)10-21-16(20-4)22-11-17(2,3)23-5;/h7-9,15H,6,10-11H2,1-5H3,(H2,20,21,22);1H. The van der Waals surface area contributed by atoms with Crippen molar-refractivity contribution in [3.8, 4) is 11.5 Å². The van der Waals surface area contributed by atoms with Crippen molar-refractivity contribution in [2.45, 2.75) is 39.5 Å². The fraction of sp³-hybridized carbons (Fsp3) is 0.588. The molecule has 2 N–H and O–H groups in total. The van der Waals surface area contributed by atoms with Crippen LogP contribution in [0.2, 0.25) is 0 Å². The van der Waals surface area contributed by atoms with E-state index in [0.29, 0.717) is 24.7 Å². The van der Waals surface area contributed by atoms with Crippen molar-refractivity contribution < 1.29 is 23.0 Å². The molecule has 0 spiro atoms. The molecule has 9 heteroatoms. The highest BCUT2D eigenvalue weighted by Crippen LogP contribution is 2.32. The molecule has 0 aliphatic heterocycles. The number of rotatable bonds is 9. The molecule has 0 fully saturated rings. The molecule has 26 heavy (non-hydrogen) atoms. The molecule has 0 amide bonds. The number of nitrogens with zero attached hydrogens (tertiary/aromatic N) is 1. The number of aliphatic imine (C=N–C) groups is 1. The SMILES string of the molecule is CCOc1cccc(CNC(=NC)NCC(C)(C)OC)c1OC(F)F.I. The first-order chi connectivity index (χ1) is 11.8. The van der Waals surface area contributed by atoms with Gasteiger partial charge in [-0.25, -0.2) is 0 Å². The maximum absolute atomic E-state index is 12.7. The molecule has 0 atom stereocenters. The van der Waals surface area contributed by atoms with Gasteiger partial charge in [0.05, 0.1) is 12.2 Å². The molecule has 0 radical (unpaired) electrons. The highest BCUT2D eigenvalue weighted by Gasteiger charge is 2.18. The average Bonchev–Trinajstić information content (AvgIpc) is 2.57. The number of para-hydroxylation sites is 1. The van der Waals surface area contributed by atoms with E-state index in [1.54, 1.807) is 39.3 Å². The monoisotopic (exact) mass is 487 g/mol. The van der Waals surface area contributed by atoms with Gasteiger partial charge in [0.15, 0.2) is 17.5 Å². The van der Waals surface area contributed by atoms with E-state index in [1.165, 1.54) is 0 Å². The van der Waals surface area contributed by atoms with E-state index in [0.717, 1.165) is 0 Å². The van der Waals surface area contributed by atoms with Crippen LogP contribution < -0.4 is 20.1 Å². The Balaban J connectivity index is 0.00000625. The van der Waals surface area contributed by atoms with Crippen LogP contribution in [0.15, 0.2) is 23.2 Å². The van der Waals surface area contributed by atoms with Crippen molar-refractivity contribution in [3.05, 3.63) is 23.8 Å².